The monoisotopic (exact) mass is 271 g/mol. The minimum atomic E-state index is -0.457. The van der Waals surface area contributed by atoms with Crippen molar-refractivity contribution in [2.24, 2.45) is 5.92 Å². The van der Waals surface area contributed by atoms with E-state index in [1.165, 1.54) is 18.2 Å². The zero-order valence-electron chi connectivity index (χ0n) is 10.1. The number of rotatable bonds is 4. The van der Waals surface area contributed by atoms with Gasteiger partial charge in [0.2, 0.25) is 0 Å². The maximum Gasteiger partial charge on any atom is 0.171 e. The molecule has 0 radical (unpaired) electrons. The summed E-state index contributed by atoms with van der Waals surface area (Å²) < 4.78 is 18.5. The second kappa shape index (κ2) is 5.78. The minimum absolute atomic E-state index is 0.0261. The Morgan fingerprint density at radius 1 is 1.56 bits per heavy atom. The first-order valence-corrected chi connectivity index (χ1v) is 6.31. The van der Waals surface area contributed by atoms with Crippen LogP contribution in [-0.2, 0) is 4.74 Å². The molecule has 0 aromatic heterocycles. The number of hydrogen-bond donors (Lipinski definition) is 1. The van der Waals surface area contributed by atoms with Gasteiger partial charge < -0.3 is 10.1 Å². The van der Waals surface area contributed by atoms with Crippen molar-refractivity contribution in [1.29, 1.82) is 0 Å². The number of hydrogen-bond acceptors (Lipinski definition) is 3. The fraction of sp³-hybridized carbons (Fsp3) is 0.462. The molecular weight excluding hydrogens is 257 g/mol. The summed E-state index contributed by atoms with van der Waals surface area (Å²) in [4.78, 5) is 12.3. The molecule has 0 bridgehead atoms. The molecule has 0 spiro atoms. The first-order chi connectivity index (χ1) is 8.63. The highest BCUT2D eigenvalue weighted by Gasteiger charge is 2.34. The molecule has 1 aromatic rings. The normalized spacial score (nSPS) is 23.3. The Labute approximate surface area is 110 Å². The van der Waals surface area contributed by atoms with Gasteiger partial charge >= 0.3 is 0 Å². The molecule has 2 rings (SSSR count). The number of Topliss-reactive ketones (excluding diaryl/α,β-unsaturated/α-hetero) is 1. The molecule has 1 aliphatic heterocycles. The molecule has 5 heteroatoms. The molecule has 0 saturated carbocycles. The lowest BCUT2D eigenvalue weighted by molar-refractivity contribution is 0.0891. The van der Waals surface area contributed by atoms with Gasteiger partial charge in [0.15, 0.2) is 5.78 Å². The van der Waals surface area contributed by atoms with Crippen LogP contribution in [0.3, 0.4) is 0 Å². The quantitative estimate of drug-likeness (QED) is 0.854. The van der Waals surface area contributed by atoms with E-state index >= 15 is 0 Å². The Balaban J connectivity index is 2.22. The van der Waals surface area contributed by atoms with E-state index in [-0.39, 0.29) is 28.3 Å². The van der Waals surface area contributed by atoms with Crippen LogP contribution in [0.2, 0.25) is 5.02 Å². The Bertz CT molecular complexity index is 453. The van der Waals surface area contributed by atoms with E-state index < -0.39 is 5.82 Å². The van der Waals surface area contributed by atoms with Crippen molar-refractivity contribution in [2.45, 2.75) is 13.0 Å². The molecular formula is C13H15ClFNO2. The van der Waals surface area contributed by atoms with Crippen molar-refractivity contribution >= 4 is 17.4 Å². The zero-order chi connectivity index (χ0) is 13.1. The van der Waals surface area contributed by atoms with Crippen LogP contribution in [0.25, 0.3) is 0 Å². The molecule has 98 valence electrons. The van der Waals surface area contributed by atoms with Crippen LogP contribution in [0.4, 0.5) is 4.39 Å². The van der Waals surface area contributed by atoms with Gasteiger partial charge in [-0.3, -0.25) is 4.79 Å². The van der Waals surface area contributed by atoms with E-state index in [2.05, 4.69) is 5.32 Å². The Kier molecular flexibility index (Phi) is 4.32. The smallest absolute Gasteiger partial charge is 0.171 e. The lowest BCUT2D eigenvalue weighted by Crippen LogP contribution is -2.39. The van der Waals surface area contributed by atoms with Gasteiger partial charge in [-0.1, -0.05) is 18.5 Å². The van der Waals surface area contributed by atoms with E-state index in [0.29, 0.717) is 13.2 Å². The number of likely N-dealkylation sites (N-methyl/N-ethyl adjacent to an activating group) is 1. The highest BCUT2D eigenvalue weighted by Crippen LogP contribution is 2.24. The highest BCUT2D eigenvalue weighted by molar-refractivity contribution is 6.34. The Morgan fingerprint density at radius 2 is 2.33 bits per heavy atom. The van der Waals surface area contributed by atoms with Crippen LogP contribution in [-0.4, -0.2) is 31.6 Å². The number of benzene rings is 1. The second-order valence-corrected chi connectivity index (χ2v) is 4.70. The first-order valence-electron chi connectivity index (χ1n) is 5.94. The third-order valence-electron chi connectivity index (χ3n) is 3.08. The van der Waals surface area contributed by atoms with Crippen molar-refractivity contribution in [3.63, 3.8) is 0 Å². The number of nitrogens with one attached hydrogen (secondary N) is 1. The lowest BCUT2D eigenvalue weighted by atomic mass is 9.93. The number of carbonyl (C=O) groups excluding carboxylic acids is 1. The predicted molar refractivity (Wildman–Crippen MR) is 67.5 cm³/mol. The summed E-state index contributed by atoms with van der Waals surface area (Å²) in [5.41, 5.74) is 0.232. The summed E-state index contributed by atoms with van der Waals surface area (Å²) in [5.74, 6) is -0.922. The Morgan fingerprint density at radius 3 is 3.06 bits per heavy atom. The summed E-state index contributed by atoms with van der Waals surface area (Å²) in [6, 6.07) is 3.81. The zero-order valence-corrected chi connectivity index (χ0v) is 10.8. The van der Waals surface area contributed by atoms with Gasteiger partial charge in [-0.05, 0) is 24.7 Å². The third-order valence-corrected chi connectivity index (χ3v) is 3.41. The molecule has 18 heavy (non-hydrogen) atoms. The molecule has 1 N–H and O–H groups in total. The van der Waals surface area contributed by atoms with Gasteiger partial charge in [-0.2, -0.15) is 0 Å². The fourth-order valence-corrected chi connectivity index (χ4v) is 2.37. The molecule has 0 amide bonds. The van der Waals surface area contributed by atoms with Crippen molar-refractivity contribution in [2.75, 3.05) is 19.8 Å². The van der Waals surface area contributed by atoms with Gasteiger partial charge in [0.25, 0.3) is 0 Å². The molecule has 2 atom stereocenters. The van der Waals surface area contributed by atoms with Crippen LogP contribution in [0.5, 0.6) is 0 Å². The molecule has 1 aromatic carbocycles. The van der Waals surface area contributed by atoms with Gasteiger partial charge in [0.05, 0.1) is 24.2 Å². The number of ether oxygens (including phenoxy) is 1. The summed E-state index contributed by atoms with van der Waals surface area (Å²) in [5, 5.41) is 3.48. The average molecular weight is 272 g/mol. The molecule has 2 unspecified atom stereocenters. The molecule has 1 aliphatic rings. The summed E-state index contributed by atoms with van der Waals surface area (Å²) >= 11 is 5.95. The largest absolute Gasteiger partial charge is 0.379 e. The van der Waals surface area contributed by atoms with E-state index in [4.69, 9.17) is 16.3 Å². The van der Waals surface area contributed by atoms with Crippen LogP contribution >= 0.6 is 11.6 Å². The molecule has 1 heterocycles. The third kappa shape index (κ3) is 2.71. The SMILES string of the molecule is CCNC1COCC1C(=O)c1cc(F)ccc1Cl. The maximum absolute atomic E-state index is 13.2. The van der Waals surface area contributed by atoms with Gasteiger partial charge in [0.1, 0.15) is 5.82 Å². The van der Waals surface area contributed by atoms with Gasteiger partial charge in [0, 0.05) is 11.6 Å². The second-order valence-electron chi connectivity index (χ2n) is 4.30. The van der Waals surface area contributed by atoms with Crippen molar-refractivity contribution in [3.05, 3.63) is 34.6 Å². The minimum Gasteiger partial charge on any atom is -0.379 e. The lowest BCUT2D eigenvalue weighted by Gasteiger charge is -2.17. The van der Waals surface area contributed by atoms with E-state index in [1.54, 1.807) is 0 Å². The Hall–Kier alpha value is -0.970. The summed E-state index contributed by atoms with van der Waals surface area (Å²) in [6.45, 7) is 3.57. The van der Waals surface area contributed by atoms with E-state index in [0.717, 1.165) is 6.54 Å². The van der Waals surface area contributed by atoms with Gasteiger partial charge in [-0.25, -0.2) is 4.39 Å². The van der Waals surface area contributed by atoms with Crippen LogP contribution in [0, 0.1) is 11.7 Å². The van der Waals surface area contributed by atoms with Crippen LogP contribution < -0.4 is 5.32 Å². The van der Waals surface area contributed by atoms with Crippen LogP contribution in [0.1, 0.15) is 17.3 Å². The summed E-state index contributed by atoms with van der Waals surface area (Å²) in [6.07, 6.45) is 0. The maximum atomic E-state index is 13.2. The predicted octanol–water partition coefficient (Wildman–Crippen LogP) is 2.29. The molecule has 3 nitrogen and oxygen atoms in total. The van der Waals surface area contributed by atoms with Crippen molar-refractivity contribution in [1.82, 2.24) is 5.32 Å². The number of ketones is 1. The van der Waals surface area contributed by atoms with Gasteiger partial charge in [-0.15, -0.1) is 0 Å². The van der Waals surface area contributed by atoms with Crippen molar-refractivity contribution in [3.8, 4) is 0 Å². The number of halogens is 2. The fourth-order valence-electron chi connectivity index (χ4n) is 2.16. The molecule has 0 aliphatic carbocycles. The number of carbonyl (C=O) groups is 1. The molecule has 1 saturated heterocycles. The first kappa shape index (κ1) is 13.5. The topological polar surface area (TPSA) is 38.3 Å². The van der Waals surface area contributed by atoms with E-state index in [9.17, 15) is 9.18 Å². The van der Waals surface area contributed by atoms with Crippen LogP contribution in [0.15, 0.2) is 18.2 Å². The highest BCUT2D eigenvalue weighted by atomic mass is 35.5. The summed E-state index contributed by atoms with van der Waals surface area (Å²) in [7, 11) is 0. The van der Waals surface area contributed by atoms with E-state index in [1.807, 2.05) is 6.92 Å². The molecule has 1 fully saturated rings. The standard InChI is InChI=1S/C13H15ClFNO2/c1-2-16-12-7-18-6-10(12)13(17)9-5-8(15)3-4-11(9)14/h3-5,10,12,16H,2,6-7H2,1H3. The average Bonchev–Trinajstić information content (AvgIpc) is 2.80. The van der Waals surface area contributed by atoms with Crippen molar-refractivity contribution < 1.29 is 13.9 Å².